The smallest absolute Gasteiger partial charge is 0.155 e. The van der Waals surface area contributed by atoms with Crippen LogP contribution in [0.3, 0.4) is 0 Å². The first kappa shape index (κ1) is 16.6. The average Bonchev–Trinajstić information content (AvgIpc) is 2.21. The zero-order valence-electron chi connectivity index (χ0n) is 11.3. The monoisotopic (exact) mass is 263 g/mol. The molecule has 5 heteroatoms. The summed E-state index contributed by atoms with van der Waals surface area (Å²) in [6, 6.07) is 0. The highest BCUT2D eigenvalue weighted by atomic mass is 32.2. The van der Waals surface area contributed by atoms with E-state index in [1.165, 1.54) is 0 Å². The van der Waals surface area contributed by atoms with Crippen LogP contribution in [-0.4, -0.2) is 31.2 Å². The van der Waals surface area contributed by atoms with Crippen LogP contribution >= 0.6 is 0 Å². The summed E-state index contributed by atoms with van der Waals surface area (Å²) >= 11 is 0. The molecule has 0 saturated heterocycles. The normalized spacial score (nSPS) is 14.6. The second-order valence-corrected chi connectivity index (χ2v) is 8.23. The van der Waals surface area contributed by atoms with Gasteiger partial charge in [-0.15, -0.1) is 0 Å². The molecule has 0 aromatic rings. The molecule has 1 atom stereocenters. The van der Waals surface area contributed by atoms with Gasteiger partial charge in [0.2, 0.25) is 0 Å². The predicted octanol–water partition coefficient (Wildman–Crippen LogP) is 1.53. The summed E-state index contributed by atoms with van der Waals surface area (Å²) in [6.45, 7) is 7.25. The molecular weight excluding hydrogens is 238 g/mol. The van der Waals surface area contributed by atoms with Crippen molar-refractivity contribution in [2.75, 3.05) is 12.3 Å². The number of Topliss-reactive ketones (excluding diaryl/α,β-unsaturated/α-hetero) is 1. The van der Waals surface area contributed by atoms with Crippen molar-refractivity contribution >= 4 is 15.6 Å². The summed E-state index contributed by atoms with van der Waals surface area (Å²) < 4.78 is 22.9. The quantitative estimate of drug-likeness (QED) is 0.755. The Balaban J connectivity index is 4.44. The third-order valence-corrected chi connectivity index (χ3v) is 5.53. The summed E-state index contributed by atoms with van der Waals surface area (Å²) in [7, 11) is -3.21. The highest BCUT2D eigenvalue weighted by Crippen LogP contribution is 2.18. The standard InChI is InChI=1S/C12H25NO3S/c1-5-6-10(9-13)11(14)7-8-17(15,16)12(2,3)4/h10H,5-9,13H2,1-4H3. The van der Waals surface area contributed by atoms with E-state index >= 15 is 0 Å². The summed E-state index contributed by atoms with van der Waals surface area (Å²) in [5, 5.41) is 0. The molecule has 0 rings (SSSR count). The van der Waals surface area contributed by atoms with E-state index in [1.54, 1.807) is 20.8 Å². The van der Waals surface area contributed by atoms with Gasteiger partial charge in [-0.1, -0.05) is 13.3 Å². The molecular formula is C12H25NO3S. The van der Waals surface area contributed by atoms with Crippen molar-refractivity contribution in [3.05, 3.63) is 0 Å². The lowest BCUT2D eigenvalue weighted by atomic mass is 9.97. The molecule has 2 N–H and O–H groups in total. The van der Waals surface area contributed by atoms with Gasteiger partial charge in [-0.05, 0) is 27.2 Å². The van der Waals surface area contributed by atoms with E-state index in [2.05, 4.69) is 0 Å². The van der Waals surface area contributed by atoms with Crippen LogP contribution in [0.2, 0.25) is 0 Å². The molecule has 0 aromatic heterocycles. The van der Waals surface area contributed by atoms with Gasteiger partial charge in [0.25, 0.3) is 0 Å². The maximum Gasteiger partial charge on any atom is 0.155 e. The van der Waals surface area contributed by atoms with Gasteiger partial charge in [0.05, 0.1) is 10.5 Å². The summed E-state index contributed by atoms with van der Waals surface area (Å²) in [5.41, 5.74) is 5.51. The van der Waals surface area contributed by atoms with Crippen molar-refractivity contribution in [1.29, 1.82) is 0 Å². The Morgan fingerprint density at radius 1 is 1.29 bits per heavy atom. The van der Waals surface area contributed by atoms with E-state index in [0.717, 1.165) is 12.8 Å². The molecule has 0 saturated carbocycles. The molecule has 0 radical (unpaired) electrons. The second kappa shape index (κ2) is 6.50. The van der Waals surface area contributed by atoms with Gasteiger partial charge in [-0.2, -0.15) is 0 Å². The van der Waals surface area contributed by atoms with Crippen LogP contribution in [-0.2, 0) is 14.6 Å². The average molecular weight is 263 g/mol. The van der Waals surface area contributed by atoms with E-state index in [0.29, 0.717) is 6.54 Å². The van der Waals surface area contributed by atoms with Crippen LogP contribution in [0.1, 0.15) is 47.0 Å². The van der Waals surface area contributed by atoms with Crippen LogP contribution in [0, 0.1) is 5.92 Å². The lowest BCUT2D eigenvalue weighted by molar-refractivity contribution is -0.122. The van der Waals surface area contributed by atoms with Crippen molar-refractivity contribution in [2.45, 2.75) is 51.7 Å². The van der Waals surface area contributed by atoms with Gasteiger partial charge in [-0.3, -0.25) is 4.79 Å². The third-order valence-electron chi connectivity index (χ3n) is 2.93. The molecule has 17 heavy (non-hydrogen) atoms. The molecule has 0 spiro atoms. The van der Waals surface area contributed by atoms with Crippen LogP contribution in [0.4, 0.5) is 0 Å². The molecule has 0 heterocycles. The SMILES string of the molecule is CCCC(CN)C(=O)CCS(=O)(=O)C(C)(C)C. The topological polar surface area (TPSA) is 77.2 Å². The van der Waals surface area contributed by atoms with Gasteiger partial charge in [0, 0.05) is 18.9 Å². The highest BCUT2D eigenvalue weighted by molar-refractivity contribution is 7.92. The summed E-state index contributed by atoms with van der Waals surface area (Å²) in [5.74, 6) is -0.285. The Bertz CT molecular complexity index is 341. The minimum absolute atomic E-state index is 0.0258. The number of ketones is 1. The van der Waals surface area contributed by atoms with Crippen molar-refractivity contribution in [3.8, 4) is 0 Å². The Kier molecular flexibility index (Phi) is 6.34. The van der Waals surface area contributed by atoms with E-state index in [-0.39, 0.29) is 23.9 Å². The molecule has 0 fully saturated rings. The van der Waals surface area contributed by atoms with Gasteiger partial charge in [0.1, 0.15) is 5.78 Å². The van der Waals surface area contributed by atoms with Crippen molar-refractivity contribution in [2.24, 2.45) is 11.7 Å². The summed E-state index contributed by atoms with van der Waals surface area (Å²) in [4.78, 5) is 11.8. The van der Waals surface area contributed by atoms with E-state index in [9.17, 15) is 13.2 Å². The molecule has 0 amide bonds. The van der Waals surface area contributed by atoms with Crippen molar-refractivity contribution in [1.82, 2.24) is 0 Å². The Hall–Kier alpha value is -0.420. The first-order chi connectivity index (χ1) is 7.65. The predicted molar refractivity (Wildman–Crippen MR) is 70.6 cm³/mol. The van der Waals surface area contributed by atoms with Crippen LogP contribution in [0.5, 0.6) is 0 Å². The number of hydrogen-bond acceptors (Lipinski definition) is 4. The fourth-order valence-corrected chi connectivity index (χ4v) is 2.59. The lowest BCUT2D eigenvalue weighted by Gasteiger charge is -2.19. The zero-order valence-corrected chi connectivity index (χ0v) is 12.1. The number of hydrogen-bond donors (Lipinski definition) is 1. The van der Waals surface area contributed by atoms with Crippen LogP contribution < -0.4 is 5.73 Å². The number of carbonyl (C=O) groups excluding carboxylic acids is 1. The second-order valence-electron chi connectivity index (χ2n) is 5.37. The Morgan fingerprint density at radius 3 is 2.18 bits per heavy atom. The van der Waals surface area contributed by atoms with Gasteiger partial charge < -0.3 is 5.73 Å². The fraction of sp³-hybridized carbons (Fsp3) is 0.917. The van der Waals surface area contributed by atoms with Crippen molar-refractivity contribution < 1.29 is 13.2 Å². The van der Waals surface area contributed by atoms with Gasteiger partial charge in [-0.25, -0.2) is 8.42 Å². The number of nitrogens with two attached hydrogens (primary N) is 1. The maximum absolute atomic E-state index is 11.8. The number of sulfone groups is 1. The fourth-order valence-electron chi connectivity index (χ4n) is 1.50. The Morgan fingerprint density at radius 2 is 1.82 bits per heavy atom. The third kappa shape index (κ3) is 5.17. The molecule has 0 bridgehead atoms. The molecule has 4 nitrogen and oxygen atoms in total. The number of rotatable bonds is 7. The molecule has 0 aliphatic carbocycles. The van der Waals surface area contributed by atoms with Crippen molar-refractivity contribution in [3.63, 3.8) is 0 Å². The van der Waals surface area contributed by atoms with E-state index < -0.39 is 14.6 Å². The van der Waals surface area contributed by atoms with Crippen LogP contribution in [0.15, 0.2) is 0 Å². The minimum atomic E-state index is -3.21. The molecule has 102 valence electrons. The molecule has 0 aliphatic heterocycles. The number of carbonyl (C=O) groups is 1. The first-order valence-corrected chi connectivity index (χ1v) is 7.76. The van der Waals surface area contributed by atoms with E-state index in [1.807, 2.05) is 6.92 Å². The first-order valence-electron chi connectivity index (χ1n) is 6.10. The van der Waals surface area contributed by atoms with E-state index in [4.69, 9.17) is 5.73 Å². The Labute approximate surface area is 105 Å². The minimum Gasteiger partial charge on any atom is -0.330 e. The summed E-state index contributed by atoms with van der Waals surface area (Å²) in [6.07, 6.45) is 1.71. The lowest BCUT2D eigenvalue weighted by Crippen LogP contribution is -2.33. The van der Waals surface area contributed by atoms with Gasteiger partial charge in [0.15, 0.2) is 9.84 Å². The molecule has 1 unspecified atom stereocenters. The zero-order chi connectivity index (χ0) is 13.7. The maximum atomic E-state index is 11.8. The largest absolute Gasteiger partial charge is 0.330 e. The van der Waals surface area contributed by atoms with Gasteiger partial charge >= 0.3 is 0 Å². The van der Waals surface area contributed by atoms with Crippen LogP contribution in [0.25, 0.3) is 0 Å². The molecule has 0 aliphatic rings. The highest BCUT2D eigenvalue weighted by Gasteiger charge is 2.30. The molecule has 0 aromatic carbocycles.